The van der Waals surface area contributed by atoms with Gasteiger partial charge in [0.15, 0.2) is 24.8 Å². The largest absolute Gasteiger partial charge is 0.506 e. The Morgan fingerprint density at radius 2 is 0.810 bits per heavy atom. The summed E-state index contributed by atoms with van der Waals surface area (Å²) in [5.41, 5.74) is 6.27. The standard InChI is InChI=1S/C48H42N8O2/c57-45-21-15-35-33-41(49-37-11-5-3-6-12-37)17-19-43(35)47(45)53-51-39-23-29-55(30-24-39)27-9-1-2-10-28-56-31-25-40(26-32-56)52-54-48-44-20-18-42(34-36(44)16-22-46(48)58)50-38-13-7-4-8-14-38/h3-8,11-26,29-34H,1-2,9-10,27-28H2,(H2,49,50,53,54)/p+2. The van der Waals surface area contributed by atoms with E-state index in [-0.39, 0.29) is 11.5 Å². The Morgan fingerprint density at radius 1 is 0.397 bits per heavy atom. The van der Waals surface area contributed by atoms with Gasteiger partial charge in [-0.3, -0.25) is 0 Å². The van der Waals surface area contributed by atoms with Gasteiger partial charge < -0.3 is 20.8 Å². The van der Waals surface area contributed by atoms with Crippen molar-refractivity contribution in [2.45, 2.75) is 38.8 Å². The molecule has 2 aromatic heterocycles. The second-order valence-electron chi connectivity index (χ2n) is 14.1. The monoisotopic (exact) mass is 764 g/mol. The summed E-state index contributed by atoms with van der Waals surface area (Å²) in [5, 5.41) is 49.4. The van der Waals surface area contributed by atoms with Crippen LogP contribution >= 0.6 is 0 Å². The second kappa shape index (κ2) is 18.0. The molecule has 0 atom stereocenters. The second-order valence-corrected chi connectivity index (χ2v) is 14.1. The van der Waals surface area contributed by atoms with Crippen LogP contribution in [0.3, 0.4) is 0 Å². The third-order valence-electron chi connectivity index (χ3n) is 9.93. The first-order valence-electron chi connectivity index (χ1n) is 19.5. The lowest BCUT2D eigenvalue weighted by Crippen LogP contribution is -2.33. The number of phenols is 2. The van der Waals surface area contributed by atoms with Crippen molar-refractivity contribution in [1.29, 1.82) is 0 Å². The summed E-state index contributed by atoms with van der Waals surface area (Å²) in [7, 11) is 0. The van der Waals surface area contributed by atoms with Gasteiger partial charge >= 0.3 is 0 Å². The number of phenolic OH excluding ortho intramolecular Hbond substituents is 2. The number of anilines is 4. The van der Waals surface area contributed by atoms with Crippen LogP contribution in [0.15, 0.2) is 191 Å². The van der Waals surface area contributed by atoms with E-state index in [9.17, 15) is 10.2 Å². The maximum Gasteiger partial charge on any atom is 0.171 e. The van der Waals surface area contributed by atoms with Gasteiger partial charge in [-0.25, -0.2) is 9.13 Å². The average molecular weight is 765 g/mol. The first-order valence-corrected chi connectivity index (χ1v) is 19.5. The summed E-state index contributed by atoms with van der Waals surface area (Å²) in [5.74, 6) is 0.184. The lowest BCUT2D eigenvalue weighted by molar-refractivity contribution is -0.698. The fraction of sp³-hybridized carbons (Fsp3) is 0.125. The van der Waals surface area contributed by atoms with Crippen LogP contribution in [-0.2, 0) is 13.1 Å². The Hall–Kier alpha value is -7.46. The van der Waals surface area contributed by atoms with Crippen molar-refractivity contribution in [2.24, 2.45) is 20.5 Å². The maximum atomic E-state index is 10.6. The van der Waals surface area contributed by atoms with Crippen LogP contribution in [0.2, 0.25) is 0 Å². The fourth-order valence-corrected chi connectivity index (χ4v) is 6.83. The van der Waals surface area contributed by atoms with Gasteiger partial charge in [0, 0.05) is 70.6 Å². The number of pyridine rings is 2. The number of aromatic hydroxyl groups is 2. The van der Waals surface area contributed by atoms with E-state index in [1.165, 1.54) is 0 Å². The first-order chi connectivity index (χ1) is 28.5. The number of para-hydroxylation sites is 2. The summed E-state index contributed by atoms with van der Waals surface area (Å²) in [6, 6.07) is 46.8. The molecule has 0 aliphatic rings. The summed E-state index contributed by atoms with van der Waals surface area (Å²) in [6.07, 6.45) is 12.5. The third kappa shape index (κ3) is 9.49. The van der Waals surface area contributed by atoms with Gasteiger partial charge in [0.05, 0.1) is 11.4 Å². The molecule has 0 saturated carbocycles. The number of azo groups is 2. The van der Waals surface area contributed by atoms with Crippen molar-refractivity contribution in [3.63, 3.8) is 0 Å². The average Bonchev–Trinajstić information content (AvgIpc) is 3.26. The van der Waals surface area contributed by atoms with E-state index in [4.69, 9.17) is 0 Å². The van der Waals surface area contributed by atoms with Gasteiger partial charge in [-0.05, 0) is 96.4 Å². The number of aryl methyl sites for hydroxylation is 2. The molecule has 0 unspecified atom stereocenters. The quantitative estimate of drug-likeness (QED) is 0.0471. The van der Waals surface area contributed by atoms with Crippen LogP contribution in [0.25, 0.3) is 21.5 Å². The van der Waals surface area contributed by atoms with Gasteiger partial charge in [0.2, 0.25) is 0 Å². The maximum absolute atomic E-state index is 10.6. The van der Waals surface area contributed by atoms with Crippen LogP contribution in [0, 0.1) is 0 Å². The minimum atomic E-state index is 0.0922. The van der Waals surface area contributed by atoms with E-state index in [1.807, 2.05) is 158 Å². The molecule has 0 saturated heterocycles. The lowest BCUT2D eigenvalue weighted by atomic mass is 10.1. The zero-order chi connectivity index (χ0) is 39.5. The third-order valence-corrected chi connectivity index (χ3v) is 9.93. The van der Waals surface area contributed by atoms with Crippen LogP contribution < -0.4 is 19.8 Å². The number of rotatable bonds is 15. The minimum absolute atomic E-state index is 0.0922. The van der Waals surface area contributed by atoms with Crippen LogP contribution in [0.1, 0.15) is 25.7 Å². The molecule has 0 spiro atoms. The van der Waals surface area contributed by atoms with Crippen molar-refractivity contribution in [1.82, 2.24) is 0 Å². The summed E-state index contributed by atoms with van der Waals surface area (Å²) < 4.78 is 4.33. The number of hydrogen-bond donors (Lipinski definition) is 4. The molecular weight excluding hydrogens is 721 g/mol. The summed E-state index contributed by atoms with van der Waals surface area (Å²) in [4.78, 5) is 0. The molecule has 0 amide bonds. The molecule has 8 rings (SSSR count). The predicted octanol–water partition coefficient (Wildman–Crippen LogP) is 12.6. The Morgan fingerprint density at radius 3 is 1.22 bits per heavy atom. The van der Waals surface area contributed by atoms with E-state index in [1.54, 1.807) is 12.1 Å². The molecule has 10 nitrogen and oxygen atoms in total. The smallest absolute Gasteiger partial charge is 0.171 e. The van der Waals surface area contributed by atoms with Crippen molar-refractivity contribution in [3.05, 3.63) is 170 Å². The van der Waals surface area contributed by atoms with E-state index >= 15 is 0 Å². The van der Waals surface area contributed by atoms with Crippen LogP contribution in [-0.4, -0.2) is 10.2 Å². The molecule has 0 fully saturated rings. The number of aromatic nitrogens is 2. The molecule has 2 heterocycles. The molecular formula is C48H44N8O2+2. The first kappa shape index (κ1) is 37.5. The Labute approximate surface area is 337 Å². The SMILES string of the molecule is Oc1ccc2cc(Nc3ccccc3)ccc2c1N=Nc1cc[n+](CCCCCC[n+]2ccc(/N=N/c3c(O)ccc4cc(Nc5ccccc5)ccc34)cc2)cc1. The number of fused-ring (bicyclic) bond motifs is 2. The molecule has 0 bridgehead atoms. The van der Waals surface area contributed by atoms with Crippen LogP contribution in [0.4, 0.5) is 45.5 Å². The minimum Gasteiger partial charge on any atom is -0.506 e. The zero-order valence-electron chi connectivity index (χ0n) is 32.0. The number of nitrogens with zero attached hydrogens (tertiary/aromatic N) is 6. The Kier molecular flexibility index (Phi) is 11.6. The predicted molar refractivity (Wildman–Crippen MR) is 231 cm³/mol. The normalized spacial score (nSPS) is 11.5. The van der Waals surface area contributed by atoms with Gasteiger partial charge in [-0.15, -0.1) is 20.5 Å². The van der Waals surface area contributed by atoms with Gasteiger partial charge in [-0.2, -0.15) is 0 Å². The zero-order valence-corrected chi connectivity index (χ0v) is 32.0. The van der Waals surface area contributed by atoms with Crippen molar-refractivity contribution in [2.75, 3.05) is 10.6 Å². The van der Waals surface area contributed by atoms with Gasteiger partial charge in [0.25, 0.3) is 0 Å². The Bertz CT molecular complexity index is 2500. The number of hydrogen-bond acceptors (Lipinski definition) is 8. The fourth-order valence-electron chi connectivity index (χ4n) is 6.83. The molecule has 6 aromatic carbocycles. The highest BCUT2D eigenvalue weighted by Gasteiger charge is 2.11. The van der Waals surface area contributed by atoms with E-state index < -0.39 is 0 Å². The highest BCUT2D eigenvalue weighted by molar-refractivity contribution is 5.98. The molecule has 58 heavy (non-hydrogen) atoms. The summed E-state index contributed by atoms with van der Waals surface area (Å²) >= 11 is 0. The lowest BCUT2D eigenvalue weighted by Gasteiger charge is -2.09. The molecule has 0 radical (unpaired) electrons. The highest BCUT2D eigenvalue weighted by Crippen LogP contribution is 2.39. The van der Waals surface area contributed by atoms with Crippen LogP contribution in [0.5, 0.6) is 11.5 Å². The summed E-state index contributed by atoms with van der Waals surface area (Å²) in [6.45, 7) is 1.84. The molecule has 0 aliphatic carbocycles. The molecule has 8 aromatic rings. The van der Waals surface area contributed by atoms with Gasteiger partial charge in [0.1, 0.15) is 36.0 Å². The molecule has 10 heteroatoms. The van der Waals surface area contributed by atoms with Gasteiger partial charge in [-0.1, -0.05) is 48.5 Å². The molecule has 0 aliphatic heterocycles. The van der Waals surface area contributed by atoms with E-state index in [0.29, 0.717) is 11.4 Å². The van der Waals surface area contributed by atoms with Crippen molar-refractivity contribution in [3.8, 4) is 11.5 Å². The number of unbranched alkanes of at least 4 members (excludes halogenated alkanes) is 3. The highest BCUT2D eigenvalue weighted by atomic mass is 16.3. The topological polar surface area (TPSA) is 122 Å². The number of nitrogens with one attached hydrogen (secondary N) is 2. The Balaban J connectivity index is 0.782. The number of benzene rings is 6. The molecule has 4 N–H and O–H groups in total. The van der Waals surface area contributed by atoms with Crippen molar-refractivity contribution < 1.29 is 19.3 Å². The van der Waals surface area contributed by atoms with E-state index in [2.05, 4.69) is 40.2 Å². The van der Waals surface area contributed by atoms with E-state index in [0.717, 1.165) is 94.4 Å². The van der Waals surface area contributed by atoms with Crippen molar-refractivity contribution >= 4 is 67.0 Å². The molecule has 286 valence electrons.